The normalized spacial score (nSPS) is 16.0. The summed E-state index contributed by atoms with van der Waals surface area (Å²) in [6, 6.07) is 7.54. The van der Waals surface area contributed by atoms with Crippen LogP contribution < -0.4 is 10.1 Å². The van der Waals surface area contributed by atoms with Crippen LogP contribution in [-0.4, -0.2) is 44.1 Å². The Hall–Kier alpha value is -1.07. The zero-order chi connectivity index (χ0) is 15.1. The summed E-state index contributed by atoms with van der Waals surface area (Å²) in [7, 11) is 1.98. The molecule has 0 spiro atoms. The lowest BCUT2D eigenvalue weighted by molar-refractivity contribution is -0.134. The van der Waals surface area contributed by atoms with Gasteiger partial charge in [0.2, 0.25) is 0 Å². The van der Waals surface area contributed by atoms with Crippen molar-refractivity contribution in [1.29, 1.82) is 0 Å². The van der Waals surface area contributed by atoms with E-state index < -0.39 is 0 Å². The summed E-state index contributed by atoms with van der Waals surface area (Å²) < 4.78 is 6.55. The Morgan fingerprint density at radius 1 is 1.33 bits per heavy atom. The molecule has 0 aromatic heterocycles. The third kappa shape index (κ3) is 5.32. The van der Waals surface area contributed by atoms with Crippen molar-refractivity contribution >= 4 is 21.8 Å². The smallest absolute Gasteiger partial charge is 0.260 e. The number of piperidine rings is 1. The lowest BCUT2D eigenvalue weighted by Crippen LogP contribution is -2.41. The van der Waals surface area contributed by atoms with Gasteiger partial charge in [0.15, 0.2) is 6.61 Å². The second-order valence-electron chi connectivity index (χ2n) is 5.46. The van der Waals surface area contributed by atoms with Crippen molar-refractivity contribution < 1.29 is 9.53 Å². The molecule has 1 heterocycles. The van der Waals surface area contributed by atoms with Gasteiger partial charge in [0.1, 0.15) is 5.75 Å². The predicted octanol–water partition coefficient (Wildman–Crippen LogP) is 2.68. The highest BCUT2D eigenvalue weighted by Gasteiger charge is 2.22. The van der Waals surface area contributed by atoms with Gasteiger partial charge in [0, 0.05) is 17.6 Å². The molecule has 1 aromatic carbocycles. The first kappa shape index (κ1) is 16.3. The molecule has 0 radical (unpaired) electrons. The van der Waals surface area contributed by atoms with E-state index in [1.165, 1.54) is 6.42 Å². The minimum Gasteiger partial charge on any atom is -0.484 e. The summed E-state index contributed by atoms with van der Waals surface area (Å²) in [5, 5.41) is 3.19. The minimum absolute atomic E-state index is 0.0879. The van der Waals surface area contributed by atoms with Gasteiger partial charge in [-0.2, -0.15) is 0 Å². The topological polar surface area (TPSA) is 41.6 Å². The first-order chi connectivity index (χ1) is 10.2. The van der Waals surface area contributed by atoms with Gasteiger partial charge >= 0.3 is 0 Å². The van der Waals surface area contributed by atoms with E-state index in [1.54, 1.807) is 0 Å². The largest absolute Gasteiger partial charge is 0.484 e. The van der Waals surface area contributed by atoms with Crippen LogP contribution in [0.15, 0.2) is 28.7 Å². The Kier molecular flexibility index (Phi) is 6.51. The summed E-state index contributed by atoms with van der Waals surface area (Å²) in [4.78, 5) is 14.1. The first-order valence-corrected chi connectivity index (χ1v) is 8.29. The minimum atomic E-state index is 0.0879. The van der Waals surface area contributed by atoms with Crippen molar-refractivity contribution in [2.75, 3.05) is 33.3 Å². The number of amides is 1. The number of ether oxygens (including phenoxy) is 1. The number of likely N-dealkylation sites (tertiary alicyclic amines) is 1. The van der Waals surface area contributed by atoms with Crippen LogP contribution in [0.2, 0.25) is 0 Å². The Morgan fingerprint density at radius 3 is 2.62 bits per heavy atom. The standard InChI is InChI=1S/C16H23BrN2O2/c1-18-9-6-13-7-10-19(11-8-13)16(20)12-21-15-4-2-14(17)3-5-15/h2-5,13,18H,6-12H2,1H3. The molecule has 1 N–H and O–H groups in total. The SMILES string of the molecule is CNCCC1CCN(C(=O)COc2ccc(Br)cc2)CC1. The van der Waals surface area contributed by atoms with Crippen LogP contribution in [0.5, 0.6) is 5.75 Å². The molecular formula is C16H23BrN2O2. The first-order valence-electron chi connectivity index (χ1n) is 7.50. The third-order valence-corrected chi connectivity index (χ3v) is 4.47. The van der Waals surface area contributed by atoms with Gasteiger partial charge in [-0.25, -0.2) is 0 Å². The zero-order valence-electron chi connectivity index (χ0n) is 12.5. The Bertz CT molecular complexity index is 442. The van der Waals surface area contributed by atoms with E-state index in [0.29, 0.717) is 0 Å². The lowest BCUT2D eigenvalue weighted by atomic mass is 9.93. The molecule has 21 heavy (non-hydrogen) atoms. The van der Waals surface area contributed by atoms with Crippen molar-refractivity contribution in [2.45, 2.75) is 19.3 Å². The second-order valence-corrected chi connectivity index (χ2v) is 6.37. The number of carbonyl (C=O) groups excluding carboxylic acids is 1. The van der Waals surface area contributed by atoms with E-state index in [0.717, 1.165) is 48.6 Å². The molecule has 4 nitrogen and oxygen atoms in total. The molecular weight excluding hydrogens is 332 g/mol. The number of carbonyl (C=O) groups is 1. The van der Waals surface area contributed by atoms with Crippen LogP contribution in [-0.2, 0) is 4.79 Å². The number of hydrogen-bond acceptors (Lipinski definition) is 3. The molecule has 1 aromatic rings. The Labute approximate surface area is 135 Å². The predicted molar refractivity (Wildman–Crippen MR) is 87.5 cm³/mol. The molecule has 0 bridgehead atoms. The van der Waals surface area contributed by atoms with Crippen molar-refractivity contribution in [3.63, 3.8) is 0 Å². The van der Waals surface area contributed by atoms with Crippen LogP contribution in [0.25, 0.3) is 0 Å². The van der Waals surface area contributed by atoms with Gasteiger partial charge in [-0.05, 0) is 63.0 Å². The number of nitrogens with zero attached hydrogens (tertiary/aromatic N) is 1. The van der Waals surface area contributed by atoms with Crippen LogP contribution in [0.3, 0.4) is 0 Å². The summed E-state index contributed by atoms with van der Waals surface area (Å²) in [5.41, 5.74) is 0. The zero-order valence-corrected chi connectivity index (χ0v) is 14.1. The van der Waals surface area contributed by atoms with E-state index in [1.807, 2.05) is 36.2 Å². The molecule has 5 heteroatoms. The fraction of sp³-hybridized carbons (Fsp3) is 0.562. The highest BCUT2D eigenvalue weighted by atomic mass is 79.9. The van der Waals surface area contributed by atoms with Crippen LogP contribution in [0.4, 0.5) is 0 Å². The lowest BCUT2D eigenvalue weighted by Gasteiger charge is -2.32. The fourth-order valence-corrected chi connectivity index (χ4v) is 2.85. The van der Waals surface area contributed by atoms with Gasteiger partial charge < -0.3 is 15.0 Å². The van der Waals surface area contributed by atoms with Crippen molar-refractivity contribution in [2.24, 2.45) is 5.92 Å². The quantitative estimate of drug-likeness (QED) is 0.853. The molecule has 0 saturated carbocycles. The monoisotopic (exact) mass is 354 g/mol. The molecule has 1 aliphatic heterocycles. The Morgan fingerprint density at radius 2 is 2.00 bits per heavy atom. The number of hydrogen-bond donors (Lipinski definition) is 1. The van der Waals surface area contributed by atoms with Gasteiger partial charge in [-0.1, -0.05) is 15.9 Å². The second kappa shape index (κ2) is 8.39. The van der Waals surface area contributed by atoms with E-state index in [9.17, 15) is 4.79 Å². The van der Waals surface area contributed by atoms with E-state index >= 15 is 0 Å². The summed E-state index contributed by atoms with van der Waals surface area (Å²) in [6.45, 7) is 2.90. The van der Waals surface area contributed by atoms with Gasteiger partial charge in [-0.15, -0.1) is 0 Å². The Balaban J connectivity index is 1.71. The van der Waals surface area contributed by atoms with Crippen LogP contribution >= 0.6 is 15.9 Å². The van der Waals surface area contributed by atoms with Crippen LogP contribution in [0.1, 0.15) is 19.3 Å². The third-order valence-electron chi connectivity index (χ3n) is 3.95. The van der Waals surface area contributed by atoms with Gasteiger partial charge in [-0.3, -0.25) is 4.79 Å². The average Bonchev–Trinajstić information content (AvgIpc) is 2.52. The molecule has 1 saturated heterocycles. The van der Waals surface area contributed by atoms with Gasteiger partial charge in [0.05, 0.1) is 0 Å². The number of rotatable bonds is 6. The molecule has 116 valence electrons. The number of benzene rings is 1. The summed E-state index contributed by atoms with van der Waals surface area (Å²) in [5.74, 6) is 1.56. The summed E-state index contributed by atoms with van der Waals surface area (Å²) >= 11 is 3.38. The number of halogens is 1. The molecule has 1 amide bonds. The maximum Gasteiger partial charge on any atom is 0.260 e. The number of nitrogens with one attached hydrogen (secondary N) is 1. The molecule has 1 fully saturated rings. The van der Waals surface area contributed by atoms with E-state index in [-0.39, 0.29) is 12.5 Å². The van der Waals surface area contributed by atoms with E-state index in [2.05, 4.69) is 21.2 Å². The molecule has 0 aliphatic carbocycles. The fourth-order valence-electron chi connectivity index (χ4n) is 2.59. The van der Waals surface area contributed by atoms with Crippen molar-refractivity contribution in [3.05, 3.63) is 28.7 Å². The maximum absolute atomic E-state index is 12.1. The van der Waals surface area contributed by atoms with Gasteiger partial charge in [0.25, 0.3) is 5.91 Å². The van der Waals surface area contributed by atoms with Crippen molar-refractivity contribution in [3.8, 4) is 5.75 Å². The molecule has 2 rings (SSSR count). The molecule has 1 aliphatic rings. The van der Waals surface area contributed by atoms with Crippen LogP contribution in [0, 0.1) is 5.92 Å². The highest BCUT2D eigenvalue weighted by molar-refractivity contribution is 9.10. The maximum atomic E-state index is 12.1. The average molecular weight is 355 g/mol. The van der Waals surface area contributed by atoms with E-state index in [4.69, 9.17) is 4.74 Å². The van der Waals surface area contributed by atoms with Crippen molar-refractivity contribution in [1.82, 2.24) is 10.2 Å². The highest BCUT2D eigenvalue weighted by Crippen LogP contribution is 2.20. The molecule has 0 atom stereocenters. The molecule has 0 unspecified atom stereocenters. The summed E-state index contributed by atoms with van der Waals surface area (Å²) in [6.07, 6.45) is 3.41.